The summed E-state index contributed by atoms with van der Waals surface area (Å²) in [5.74, 6) is 0.854. The molecule has 0 aliphatic carbocycles. The molecule has 0 radical (unpaired) electrons. The van der Waals surface area contributed by atoms with Crippen LogP contribution in [0.15, 0.2) is 46.9 Å². The number of ether oxygens (including phenoxy) is 1. The number of anilines is 2. The molecule has 0 fully saturated rings. The zero-order valence-electron chi connectivity index (χ0n) is 9.91. The highest BCUT2D eigenvalue weighted by Gasteiger charge is 2.20. The molecule has 0 saturated heterocycles. The molecule has 1 atom stereocenters. The number of hydrogen-bond donors (Lipinski definition) is 2. The maximum atomic E-state index is 5.84. The van der Waals surface area contributed by atoms with Crippen molar-refractivity contribution in [2.45, 2.75) is 13.3 Å². The van der Waals surface area contributed by atoms with Crippen molar-refractivity contribution >= 4 is 27.3 Å². The fourth-order valence-corrected chi connectivity index (χ4v) is 2.33. The van der Waals surface area contributed by atoms with E-state index in [4.69, 9.17) is 4.74 Å². The van der Waals surface area contributed by atoms with Gasteiger partial charge in [0.05, 0.1) is 11.4 Å². The van der Waals surface area contributed by atoms with Crippen molar-refractivity contribution in [1.82, 2.24) is 0 Å². The Morgan fingerprint density at radius 3 is 2.72 bits per heavy atom. The van der Waals surface area contributed by atoms with Crippen LogP contribution in [0.2, 0.25) is 0 Å². The summed E-state index contributed by atoms with van der Waals surface area (Å²) < 4.78 is 6.89. The molecule has 92 valence electrons. The van der Waals surface area contributed by atoms with Gasteiger partial charge in [-0.3, -0.25) is 0 Å². The molecule has 1 aliphatic rings. The van der Waals surface area contributed by atoms with Gasteiger partial charge in [-0.2, -0.15) is 0 Å². The summed E-state index contributed by atoms with van der Waals surface area (Å²) >= 11 is 3.45. The number of benzene rings is 2. The Kier molecular flexibility index (Phi) is 2.88. The highest BCUT2D eigenvalue weighted by atomic mass is 79.9. The van der Waals surface area contributed by atoms with E-state index >= 15 is 0 Å². The molecule has 2 aromatic carbocycles. The van der Waals surface area contributed by atoms with Gasteiger partial charge in [-0.25, -0.2) is 0 Å². The summed E-state index contributed by atoms with van der Waals surface area (Å²) in [4.78, 5) is 0. The normalized spacial score (nSPS) is 16.7. The van der Waals surface area contributed by atoms with Crippen LogP contribution >= 0.6 is 15.9 Å². The average Bonchev–Trinajstić information content (AvgIpc) is 2.70. The minimum Gasteiger partial charge on any atom is -0.453 e. The Morgan fingerprint density at radius 2 is 1.89 bits per heavy atom. The molecule has 0 bridgehead atoms. The molecule has 0 aromatic heterocycles. The first-order valence-corrected chi connectivity index (χ1v) is 6.56. The maximum Gasteiger partial charge on any atom is 0.248 e. The van der Waals surface area contributed by atoms with E-state index in [0.29, 0.717) is 0 Å². The fourth-order valence-electron chi connectivity index (χ4n) is 1.96. The third kappa shape index (κ3) is 2.29. The van der Waals surface area contributed by atoms with Crippen LogP contribution in [0.1, 0.15) is 5.56 Å². The highest BCUT2D eigenvalue weighted by molar-refractivity contribution is 9.10. The Labute approximate surface area is 114 Å². The van der Waals surface area contributed by atoms with Crippen molar-refractivity contribution in [3.8, 4) is 5.75 Å². The van der Waals surface area contributed by atoms with Crippen LogP contribution in [0, 0.1) is 6.92 Å². The van der Waals surface area contributed by atoms with Gasteiger partial charge in [0, 0.05) is 4.47 Å². The molecule has 0 spiro atoms. The number of aryl methyl sites for hydroxylation is 1. The van der Waals surface area contributed by atoms with E-state index in [9.17, 15) is 0 Å². The number of hydrogen-bond acceptors (Lipinski definition) is 3. The van der Waals surface area contributed by atoms with Crippen LogP contribution in [0.25, 0.3) is 0 Å². The first-order chi connectivity index (χ1) is 8.70. The minimum absolute atomic E-state index is 0.226. The molecule has 2 aromatic rings. The van der Waals surface area contributed by atoms with Crippen LogP contribution in [-0.4, -0.2) is 6.35 Å². The molecule has 1 aliphatic heterocycles. The molecule has 0 amide bonds. The van der Waals surface area contributed by atoms with E-state index in [-0.39, 0.29) is 6.35 Å². The van der Waals surface area contributed by atoms with Crippen LogP contribution in [0.3, 0.4) is 0 Å². The summed E-state index contributed by atoms with van der Waals surface area (Å²) in [6, 6.07) is 14.1. The number of fused-ring (bicyclic) bond motifs is 1. The van der Waals surface area contributed by atoms with Crippen LogP contribution in [0.5, 0.6) is 5.75 Å². The predicted octanol–water partition coefficient (Wildman–Crippen LogP) is 3.96. The quantitative estimate of drug-likeness (QED) is 0.881. The molecule has 3 rings (SSSR count). The van der Waals surface area contributed by atoms with Crippen molar-refractivity contribution in [2.75, 3.05) is 10.6 Å². The van der Waals surface area contributed by atoms with Gasteiger partial charge in [-0.05, 0) is 42.8 Å². The van der Waals surface area contributed by atoms with Crippen molar-refractivity contribution in [1.29, 1.82) is 0 Å². The first-order valence-electron chi connectivity index (χ1n) is 5.77. The van der Waals surface area contributed by atoms with E-state index < -0.39 is 0 Å². The van der Waals surface area contributed by atoms with E-state index in [0.717, 1.165) is 21.6 Å². The lowest BCUT2D eigenvalue weighted by Crippen LogP contribution is -2.28. The SMILES string of the molecule is Cc1cccc(OC2Nc3ccc(Br)cc3N2)c1. The smallest absolute Gasteiger partial charge is 0.248 e. The zero-order valence-corrected chi connectivity index (χ0v) is 11.5. The number of rotatable bonds is 2. The molecule has 18 heavy (non-hydrogen) atoms. The third-order valence-electron chi connectivity index (χ3n) is 2.80. The second-order valence-electron chi connectivity index (χ2n) is 4.29. The largest absolute Gasteiger partial charge is 0.453 e. The highest BCUT2D eigenvalue weighted by Crippen LogP contribution is 2.32. The molecular formula is C14H13BrN2O. The molecule has 2 N–H and O–H groups in total. The van der Waals surface area contributed by atoms with Crippen LogP contribution in [0.4, 0.5) is 11.4 Å². The molecule has 1 heterocycles. The fraction of sp³-hybridized carbons (Fsp3) is 0.143. The summed E-state index contributed by atoms with van der Waals surface area (Å²) in [5.41, 5.74) is 3.28. The lowest BCUT2D eigenvalue weighted by molar-refractivity contribution is 0.264. The lowest BCUT2D eigenvalue weighted by atomic mass is 10.2. The molecule has 3 nitrogen and oxygen atoms in total. The summed E-state index contributed by atoms with van der Waals surface area (Å²) in [5, 5.41) is 6.56. The van der Waals surface area contributed by atoms with E-state index in [1.807, 2.05) is 49.4 Å². The predicted molar refractivity (Wildman–Crippen MR) is 77.0 cm³/mol. The van der Waals surface area contributed by atoms with Gasteiger partial charge in [-0.1, -0.05) is 28.1 Å². The summed E-state index contributed by atoms with van der Waals surface area (Å²) in [6.45, 7) is 2.05. The zero-order chi connectivity index (χ0) is 12.5. The molecular weight excluding hydrogens is 292 g/mol. The Morgan fingerprint density at radius 1 is 1.06 bits per heavy atom. The number of nitrogens with one attached hydrogen (secondary N) is 2. The van der Waals surface area contributed by atoms with Crippen LogP contribution < -0.4 is 15.4 Å². The second kappa shape index (κ2) is 4.53. The van der Waals surface area contributed by atoms with Gasteiger partial charge >= 0.3 is 0 Å². The Bertz CT molecular complexity index is 586. The Balaban J connectivity index is 1.74. The molecule has 1 unspecified atom stereocenters. The van der Waals surface area contributed by atoms with Crippen molar-refractivity contribution in [3.05, 3.63) is 52.5 Å². The van der Waals surface area contributed by atoms with E-state index in [1.54, 1.807) is 0 Å². The second-order valence-corrected chi connectivity index (χ2v) is 5.21. The van der Waals surface area contributed by atoms with E-state index in [2.05, 4.69) is 26.6 Å². The summed E-state index contributed by atoms with van der Waals surface area (Å²) in [6.07, 6.45) is -0.226. The maximum absolute atomic E-state index is 5.84. The third-order valence-corrected chi connectivity index (χ3v) is 3.29. The van der Waals surface area contributed by atoms with Gasteiger partial charge in [0.15, 0.2) is 0 Å². The topological polar surface area (TPSA) is 33.3 Å². The molecule has 0 saturated carbocycles. The van der Waals surface area contributed by atoms with Gasteiger partial charge in [0.2, 0.25) is 6.35 Å². The van der Waals surface area contributed by atoms with Gasteiger partial charge in [0.1, 0.15) is 5.75 Å². The lowest BCUT2D eigenvalue weighted by Gasteiger charge is -2.15. The summed E-state index contributed by atoms with van der Waals surface area (Å²) in [7, 11) is 0. The van der Waals surface area contributed by atoms with E-state index in [1.165, 1.54) is 5.56 Å². The van der Waals surface area contributed by atoms with Crippen molar-refractivity contribution < 1.29 is 4.74 Å². The molecule has 4 heteroatoms. The standard InChI is InChI=1S/C14H13BrN2O/c1-9-3-2-4-11(7-9)18-14-16-12-6-5-10(15)8-13(12)17-14/h2-8,14,16-17H,1H3. The van der Waals surface area contributed by atoms with Gasteiger partial charge in [0.25, 0.3) is 0 Å². The van der Waals surface area contributed by atoms with Crippen LogP contribution in [-0.2, 0) is 0 Å². The van der Waals surface area contributed by atoms with Crippen molar-refractivity contribution in [3.63, 3.8) is 0 Å². The first kappa shape index (κ1) is 11.4. The number of halogens is 1. The Hall–Kier alpha value is -1.68. The average molecular weight is 305 g/mol. The monoisotopic (exact) mass is 304 g/mol. The van der Waals surface area contributed by atoms with Gasteiger partial charge < -0.3 is 15.4 Å². The van der Waals surface area contributed by atoms with Crippen molar-refractivity contribution in [2.24, 2.45) is 0 Å². The minimum atomic E-state index is -0.226. The van der Waals surface area contributed by atoms with Gasteiger partial charge in [-0.15, -0.1) is 0 Å².